The third-order valence-corrected chi connectivity index (χ3v) is 3.88. The molecule has 2 heterocycles. The quantitative estimate of drug-likeness (QED) is 0.681. The lowest BCUT2D eigenvalue weighted by atomic mass is 10.2. The molecular formula is C17H13Cl2N3O2. The summed E-state index contributed by atoms with van der Waals surface area (Å²) in [5, 5.41) is 6.54. The first kappa shape index (κ1) is 16.4. The first-order valence-corrected chi connectivity index (χ1v) is 7.87. The fourth-order valence-corrected chi connectivity index (χ4v) is 2.52. The molecule has 0 saturated carbocycles. The van der Waals surface area contributed by atoms with E-state index >= 15 is 0 Å². The van der Waals surface area contributed by atoms with Crippen LogP contribution in [0.3, 0.4) is 0 Å². The SMILES string of the molecule is O=C(Nc1c(Cl)cccc1Cl)c1ccc(NCc2ccco2)nc1. The average molecular weight is 362 g/mol. The van der Waals surface area contributed by atoms with Gasteiger partial charge >= 0.3 is 0 Å². The van der Waals surface area contributed by atoms with Crippen LogP contribution < -0.4 is 10.6 Å². The molecule has 0 aliphatic heterocycles. The number of carbonyl (C=O) groups is 1. The van der Waals surface area contributed by atoms with Gasteiger partial charge in [-0.2, -0.15) is 0 Å². The zero-order chi connectivity index (χ0) is 16.9. The summed E-state index contributed by atoms with van der Waals surface area (Å²) in [6, 6.07) is 12.1. The summed E-state index contributed by atoms with van der Waals surface area (Å²) in [6.45, 7) is 0.515. The molecule has 2 N–H and O–H groups in total. The molecule has 0 fully saturated rings. The Morgan fingerprint density at radius 1 is 1.08 bits per heavy atom. The molecule has 0 unspecified atom stereocenters. The van der Waals surface area contributed by atoms with Crippen molar-refractivity contribution < 1.29 is 9.21 Å². The van der Waals surface area contributed by atoms with Gasteiger partial charge in [-0.05, 0) is 36.4 Å². The van der Waals surface area contributed by atoms with Crippen molar-refractivity contribution in [2.24, 2.45) is 0 Å². The summed E-state index contributed by atoms with van der Waals surface area (Å²) in [5.41, 5.74) is 0.778. The van der Waals surface area contributed by atoms with Gasteiger partial charge in [0, 0.05) is 6.20 Å². The zero-order valence-corrected chi connectivity index (χ0v) is 13.9. The molecule has 0 bridgehead atoms. The molecule has 3 rings (SSSR count). The molecule has 122 valence electrons. The monoisotopic (exact) mass is 361 g/mol. The van der Waals surface area contributed by atoms with Gasteiger partial charge in [-0.3, -0.25) is 4.79 Å². The van der Waals surface area contributed by atoms with E-state index in [-0.39, 0.29) is 5.91 Å². The lowest BCUT2D eigenvalue weighted by molar-refractivity contribution is 0.102. The van der Waals surface area contributed by atoms with Gasteiger partial charge in [0.25, 0.3) is 5.91 Å². The molecule has 3 aromatic rings. The standard InChI is InChI=1S/C17H13Cl2N3O2/c18-13-4-1-5-14(19)16(13)22-17(23)11-6-7-15(20-9-11)21-10-12-3-2-8-24-12/h1-9H,10H2,(H,20,21)(H,22,23). The van der Waals surface area contributed by atoms with Crippen molar-refractivity contribution in [3.63, 3.8) is 0 Å². The number of furan rings is 1. The van der Waals surface area contributed by atoms with Crippen molar-refractivity contribution in [2.45, 2.75) is 6.54 Å². The molecule has 0 radical (unpaired) electrons. The van der Waals surface area contributed by atoms with Crippen molar-refractivity contribution >= 4 is 40.6 Å². The van der Waals surface area contributed by atoms with E-state index in [2.05, 4.69) is 15.6 Å². The summed E-state index contributed by atoms with van der Waals surface area (Å²) >= 11 is 12.1. The number of para-hydroxylation sites is 1. The number of hydrogen-bond donors (Lipinski definition) is 2. The number of nitrogens with zero attached hydrogens (tertiary/aromatic N) is 1. The van der Waals surface area contributed by atoms with Gasteiger partial charge in [0.1, 0.15) is 11.6 Å². The zero-order valence-electron chi connectivity index (χ0n) is 12.4. The molecule has 0 saturated heterocycles. The molecule has 2 aromatic heterocycles. The normalized spacial score (nSPS) is 10.4. The Hall–Kier alpha value is -2.50. The highest BCUT2D eigenvalue weighted by atomic mass is 35.5. The minimum atomic E-state index is -0.338. The minimum absolute atomic E-state index is 0.338. The second-order valence-corrected chi connectivity index (χ2v) is 5.73. The second kappa shape index (κ2) is 7.38. The number of carbonyl (C=O) groups excluding carboxylic acids is 1. The predicted octanol–water partition coefficient (Wildman–Crippen LogP) is 4.85. The molecule has 1 aromatic carbocycles. The maximum absolute atomic E-state index is 12.3. The van der Waals surface area contributed by atoms with Gasteiger partial charge in [0.15, 0.2) is 0 Å². The number of aromatic nitrogens is 1. The smallest absolute Gasteiger partial charge is 0.257 e. The van der Waals surface area contributed by atoms with Gasteiger partial charge in [-0.15, -0.1) is 0 Å². The van der Waals surface area contributed by atoms with Crippen LogP contribution in [0.2, 0.25) is 10.0 Å². The van der Waals surface area contributed by atoms with E-state index in [1.807, 2.05) is 12.1 Å². The largest absolute Gasteiger partial charge is 0.467 e. The lowest BCUT2D eigenvalue weighted by Crippen LogP contribution is -2.13. The van der Waals surface area contributed by atoms with Crippen molar-refractivity contribution in [3.8, 4) is 0 Å². The highest BCUT2D eigenvalue weighted by Crippen LogP contribution is 2.30. The van der Waals surface area contributed by atoms with E-state index in [0.29, 0.717) is 33.7 Å². The van der Waals surface area contributed by atoms with E-state index in [1.165, 1.54) is 6.20 Å². The fraction of sp³-hybridized carbons (Fsp3) is 0.0588. The third-order valence-electron chi connectivity index (χ3n) is 3.25. The van der Waals surface area contributed by atoms with Crippen LogP contribution in [-0.2, 0) is 6.54 Å². The molecule has 7 heteroatoms. The number of hydrogen-bond acceptors (Lipinski definition) is 4. The Kier molecular flexibility index (Phi) is 5.03. The Morgan fingerprint density at radius 2 is 1.88 bits per heavy atom. The summed E-state index contributed by atoms with van der Waals surface area (Å²) in [6.07, 6.45) is 3.09. The maximum Gasteiger partial charge on any atom is 0.257 e. The summed E-state index contributed by atoms with van der Waals surface area (Å²) < 4.78 is 5.23. The van der Waals surface area contributed by atoms with Crippen LogP contribution >= 0.6 is 23.2 Å². The molecule has 5 nitrogen and oxygen atoms in total. The highest BCUT2D eigenvalue weighted by Gasteiger charge is 2.12. The molecule has 0 atom stereocenters. The number of rotatable bonds is 5. The highest BCUT2D eigenvalue weighted by molar-refractivity contribution is 6.40. The van der Waals surface area contributed by atoms with Gasteiger partial charge in [0.05, 0.1) is 34.1 Å². The number of pyridine rings is 1. The summed E-state index contributed by atoms with van der Waals surface area (Å²) in [5.74, 6) is 1.10. The Balaban J connectivity index is 1.65. The van der Waals surface area contributed by atoms with Gasteiger partial charge < -0.3 is 15.1 Å². The average Bonchev–Trinajstić information content (AvgIpc) is 3.10. The Labute approximate surface area is 148 Å². The number of halogens is 2. The molecule has 1 amide bonds. The topological polar surface area (TPSA) is 67.2 Å². The summed E-state index contributed by atoms with van der Waals surface area (Å²) in [4.78, 5) is 16.5. The van der Waals surface area contributed by atoms with Crippen molar-refractivity contribution in [1.29, 1.82) is 0 Å². The molecule has 24 heavy (non-hydrogen) atoms. The van der Waals surface area contributed by atoms with Crippen LogP contribution in [-0.4, -0.2) is 10.9 Å². The van der Waals surface area contributed by atoms with Gasteiger partial charge in [0.2, 0.25) is 0 Å². The van der Waals surface area contributed by atoms with Crippen LogP contribution in [0.1, 0.15) is 16.1 Å². The van der Waals surface area contributed by atoms with Crippen LogP contribution in [0.4, 0.5) is 11.5 Å². The summed E-state index contributed by atoms with van der Waals surface area (Å²) in [7, 11) is 0. The Morgan fingerprint density at radius 3 is 2.50 bits per heavy atom. The minimum Gasteiger partial charge on any atom is -0.467 e. The number of nitrogens with one attached hydrogen (secondary N) is 2. The molecule has 0 spiro atoms. The van der Waals surface area contributed by atoms with E-state index in [4.69, 9.17) is 27.6 Å². The van der Waals surface area contributed by atoms with Crippen LogP contribution in [0.25, 0.3) is 0 Å². The lowest BCUT2D eigenvalue weighted by Gasteiger charge is -2.09. The first-order chi connectivity index (χ1) is 11.6. The molecular weight excluding hydrogens is 349 g/mol. The Bertz CT molecular complexity index is 813. The van der Waals surface area contributed by atoms with Crippen LogP contribution in [0, 0.1) is 0 Å². The van der Waals surface area contributed by atoms with Crippen LogP contribution in [0.15, 0.2) is 59.3 Å². The van der Waals surface area contributed by atoms with Crippen molar-refractivity contribution in [2.75, 3.05) is 10.6 Å². The van der Waals surface area contributed by atoms with E-state index < -0.39 is 0 Å². The number of anilines is 2. The number of amides is 1. The van der Waals surface area contributed by atoms with E-state index in [9.17, 15) is 4.79 Å². The number of benzene rings is 1. The van der Waals surface area contributed by atoms with Gasteiger partial charge in [-0.1, -0.05) is 29.3 Å². The van der Waals surface area contributed by atoms with Gasteiger partial charge in [-0.25, -0.2) is 4.98 Å². The van der Waals surface area contributed by atoms with E-state index in [1.54, 1.807) is 36.6 Å². The fourth-order valence-electron chi connectivity index (χ4n) is 2.03. The molecule has 0 aliphatic rings. The third kappa shape index (κ3) is 3.88. The van der Waals surface area contributed by atoms with Crippen LogP contribution in [0.5, 0.6) is 0 Å². The van der Waals surface area contributed by atoms with Crippen molar-refractivity contribution in [3.05, 3.63) is 76.3 Å². The maximum atomic E-state index is 12.3. The predicted molar refractivity (Wildman–Crippen MR) is 94.7 cm³/mol. The molecule has 0 aliphatic carbocycles. The second-order valence-electron chi connectivity index (χ2n) is 4.92. The first-order valence-electron chi connectivity index (χ1n) is 7.11. The van der Waals surface area contributed by atoms with Crippen molar-refractivity contribution in [1.82, 2.24) is 4.98 Å². The van der Waals surface area contributed by atoms with E-state index in [0.717, 1.165) is 5.76 Å².